The van der Waals surface area contributed by atoms with Crippen LogP contribution in [-0.2, 0) is 4.74 Å². The van der Waals surface area contributed by atoms with Gasteiger partial charge in [0.2, 0.25) is 0 Å². The maximum Gasteiger partial charge on any atom is 0.294 e. The van der Waals surface area contributed by atoms with E-state index in [4.69, 9.17) is 22.1 Å². The van der Waals surface area contributed by atoms with Crippen molar-refractivity contribution in [1.29, 1.82) is 0 Å². The second kappa shape index (κ2) is 7.06. The van der Waals surface area contributed by atoms with E-state index < -0.39 is 4.92 Å². The second-order valence-electron chi connectivity index (χ2n) is 4.03. The third-order valence-electron chi connectivity index (χ3n) is 2.79. The SMILES string of the molecule is CCN(CCOC)C(=O)c1cc(Cl)c(N)c([N+](=O)[O-])c1. The Kier molecular flexibility index (Phi) is 5.72. The summed E-state index contributed by atoms with van der Waals surface area (Å²) in [5, 5.41) is 10.9. The minimum absolute atomic E-state index is 0.00894. The molecule has 0 spiro atoms. The number of likely N-dealkylation sites (N-methyl/N-ethyl adjacent to an activating group) is 1. The summed E-state index contributed by atoms with van der Waals surface area (Å²) < 4.78 is 4.92. The number of halogens is 1. The van der Waals surface area contributed by atoms with Crippen LogP contribution in [-0.4, -0.2) is 42.5 Å². The molecular formula is C12H16ClN3O4. The number of carbonyl (C=O) groups excluding carboxylic acids is 1. The molecule has 2 N–H and O–H groups in total. The van der Waals surface area contributed by atoms with Crippen molar-refractivity contribution in [2.24, 2.45) is 0 Å². The zero-order chi connectivity index (χ0) is 15.3. The Balaban J connectivity index is 3.12. The molecule has 1 rings (SSSR count). The molecule has 110 valence electrons. The summed E-state index contributed by atoms with van der Waals surface area (Å²) in [6.07, 6.45) is 0. The normalized spacial score (nSPS) is 10.3. The third-order valence-corrected chi connectivity index (χ3v) is 3.10. The van der Waals surface area contributed by atoms with E-state index in [1.807, 2.05) is 0 Å². The van der Waals surface area contributed by atoms with Crippen molar-refractivity contribution < 1.29 is 14.5 Å². The van der Waals surface area contributed by atoms with Crippen LogP contribution in [0.1, 0.15) is 17.3 Å². The molecule has 20 heavy (non-hydrogen) atoms. The lowest BCUT2D eigenvalue weighted by atomic mass is 10.1. The Morgan fingerprint density at radius 2 is 2.20 bits per heavy atom. The summed E-state index contributed by atoms with van der Waals surface area (Å²) in [5.74, 6) is -0.352. The summed E-state index contributed by atoms with van der Waals surface area (Å²) in [7, 11) is 1.53. The van der Waals surface area contributed by atoms with Crippen LogP contribution in [0.4, 0.5) is 11.4 Å². The number of hydrogen-bond acceptors (Lipinski definition) is 5. The smallest absolute Gasteiger partial charge is 0.294 e. The third kappa shape index (κ3) is 3.58. The fourth-order valence-corrected chi connectivity index (χ4v) is 1.88. The van der Waals surface area contributed by atoms with E-state index in [0.29, 0.717) is 19.7 Å². The Labute approximate surface area is 121 Å². The quantitative estimate of drug-likeness (QED) is 0.492. The van der Waals surface area contributed by atoms with E-state index in [0.717, 1.165) is 6.07 Å². The van der Waals surface area contributed by atoms with Crippen LogP contribution in [0.25, 0.3) is 0 Å². The van der Waals surface area contributed by atoms with Crippen molar-refractivity contribution in [3.8, 4) is 0 Å². The van der Waals surface area contributed by atoms with Crippen molar-refractivity contribution in [3.63, 3.8) is 0 Å². The standard InChI is InChI=1S/C12H16ClN3O4/c1-3-15(4-5-20-2)12(17)8-6-9(13)11(14)10(7-8)16(18)19/h6-7H,3-5,14H2,1-2H3. The van der Waals surface area contributed by atoms with E-state index in [2.05, 4.69) is 0 Å². The number of amides is 1. The van der Waals surface area contributed by atoms with Crippen molar-refractivity contribution in [3.05, 3.63) is 32.8 Å². The second-order valence-corrected chi connectivity index (χ2v) is 4.43. The van der Waals surface area contributed by atoms with Crippen molar-refractivity contribution in [1.82, 2.24) is 4.90 Å². The van der Waals surface area contributed by atoms with Crippen molar-refractivity contribution in [2.45, 2.75) is 6.92 Å². The van der Waals surface area contributed by atoms with E-state index in [9.17, 15) is 14.9 Å². The number of nitro groups is 1. The summed E-state index contributed by atoms with van der Waals surface area (Å²) in [5.41, 5.74) is 5.14. The predicted octanol–water partition coefficient (Wildman–Crippen LogP) is 1.94. The molecule has 0 aliphatic heterocycles. The van der Waals surface area contributed by atoms with E-state index in [-0.39, 0.29) is 27.9 Å². The highest BCUT2D eigenvalue weighted by atomic mass is 35.5. The van der Waals surface area contributed by atoms with E-state index in [1.165, 1.54) is 18.1 Å². The minimum Gasteiger partial charge on any atom is -0.392 e. The number of anilines is 1. The van der Waals surface area contributed by atoms with Crippen LogP contribution < -0.4 is 5.73 Å². The maximum atomic E-state index is 12.3. The number of benzene rings is 1. The minimum atomic E-state index is -0.663. The molecule has 0 saturated carbocycles. The summed E-state index contributed by atoms with van der Waals surface area (Å²) in [6.45, 7) is 3.03. The van der Waals surface area contributed by atoms with Gasteiger partial charge in [-0.15, -0.1) is 0 Å². The number of hydrogen-bond donors (Lipinski definition) is 1. The topological polar surface area (TPSA) is 98.7 Å². The zero-order valence-electron chi connectivity index (χ0n) is 11.3. The molecule has 0 atom stereocenters. The number of nitro benzene ring substituents is 1. The average Bonchev–Trinajstić information content (AvgIpc) is 2.41. The van der Waals surface area contributed by atoms with Crippen LogP contribution in [0.2, 0.25) is 5.02 Å². The number of ether oxygens (including phenoxy) is 1. The van der Waals surface area contributed by atoms with Gasteiger partial charge in [-0.05, 0) is 13.0 Å². The first-order valence-corrected chi connectivity index (χ1v) is 6.31. The Hall–Kier alpha value is -1.86. The molecule has 0 heterocycles. The lowest BCUT2D eigenvalue weighted by molar-refractivity contribution is -0.383. The first-order chi connectivity index (χ1) is 9.42. The molecule has 0 bridgehead atoms. The van der Waals surface area contributed by atoms with Crippen LogP contribution in [0.5, 0.6) is 0 Å². The number of nitrogens with zero attached hydrogens (tertiary/aromatic N) is 2. The van der Waals surface area contributed by atoms with Gasteiger partial charge in [-0.25, -0.2) is 0 Å². The molecule has 0 aliphatic carbocycles. The molecule has 0 saturated heterocycles. The molecule has 7 nitrogen and oxygen atoms in total. The van der Waals surface area contributed by atoms with Gasteiger partial charge in [-0.2, -0.15) is 0 Å². The zero-order valence-corrected chi connectivity index (χ0v) is 12.0. The van der Waals surface area contributed by atoms with Gasteiger partial charge in [-0.3, -0.25) is 14.9 Å². The fraction of sp³-hybridized carbons (Fsp3) is 0.417. The van der Waals surface area contributed by atoms with Crippen LogP contribution in [0, 0.1) is 10.1 Å². The molecule has 8 heteroatoms. The first-order valence-electron chi connectivity index (χ1n) is 5.94. The van der Waals surface area contributed by atoms with E-state index >= 15 is 0 Å². The Morgan fingerprint density at radius 1 is 1.55 bits per heavy atom. The number of rotatable bonds is 6. The van der Waals surface area contributed by atoms with Gasteiger partial charge in [0.15, 0.2) is 0 Å². The molecule has 0 fully saturated rings. The molecule has 1 aromatic rings. The van der Waals surface area contributed by atoms with Gasteiger partial charge in [0.25, 0.3) is 11.6 Å². The number of carbonyl (C=O) groups is 1. The summed E-state index contributed by atoms with van der Waals surface area (Å²) in [4.78, 5) is 24.0. The van der Waals surface area contributed by atoms with Crippen LogP contribution in [0.15, 0.2) is 12.1 Å². The summed E-state index contributed by atoms with van der Waals surface area (Å²) >= 11 is 5.83. The molecular weight excluding hydrogens is 286 g/mol. The predicted molar refractivity (Wildman–Crippen MR) is 76.0 cm³/mol. The fourth-order valence-electron chi connectivity index (χ4n) is 1.67. The van der Waals surface area contributed by atoms with Crippen LogP contribution in [0.3, 0.4) is 0 Å². The first kappa shape index (κ1) is 16.2. The lowest BCUT2D eigenvalue weighted by Crippen LogP contribution is -2.33. The highest BCUT2D eigenvalue weighted by molar-refractivity contribution is 6.34. The van der Waals surface area contributed by atoms with Gasteiger partial charge in [0.05, 0.1) is 16.6 Å². The number of nitrogens with two attached hydrogens (primary N) is 1. The molecule has 0 unspecified atom stereocenters. The monoisotopic (exact) mass is 301 g/mol. The average molecular weight is 302 g/mol. The van der Waals surface area contributed by atoms with Crippen molar-refractivity contribution >= 4 is 28.9 Å². The molecule has 0 aromatic heterocycles. The van der Waals surface area contributed by atoms with E-state index in [1.54, 1.807) is 6.92 Å². The molecule has 1 amide bonds. The largest absolute Gasteiger partial charge is 0.392 e. The van der Waals surface area contributed by atoms with Crippen molar-refractivity contribution in [2.75, 3.05) is 32.5 Å². The Morgan fingerprint density at radius 3 is 2.70 bits per heavy atom. The van der Waals surface area contributed by atoms with Gasteiger partial charge in [0.1, 0.15) is 5.69 Å². The lowest BCUT2D eigenvalue weighted by Gasteiger charge is -2.20. The highest BCUT2D eigenvalue weighted by Crippen LogP contribution is 2.31. The number of nitrogen functional groups attached to an aromatic ring is 1. The Bertz CT molecular complexity index is 522. The van der Waals surface area contributed by atoms with Gasteiger partial charge in [0, 0.05) is 31.8 Å². The highest BCUT2D eigenvalue weighted by Gasteiger charge is 2.21. The maximum absolute atomic E-state index is 12.3. The molecule has 0 aliphatic rings. The number of methoxy groups -OCH3 is 1. The van der Waals surface area contributed by atoms with Gasteiger partial charge in [-0.1, -0.05) is 11.6 Å². The van der Waals surface area contributed by atoms with Crippen LogP contribution >= 0.6 is 11.6 Å². The van der Waals surface area contributed by atoms with Gasteiger partial charge >= 0.3 is 0 Å². The summed E-state index contributed by atoms with van der Waals surface area (Å²) in [6, 6.07) is 2.47. The van der Waals surface area contributed by atoms with Gasteiger partial charge < -0.3 is 15.4 Å². The molecule has 1 aromatic carbocycles. The molecule has 0 radical (unpaired) electrons.